The van der Waals surface area contributed by atoms with E-state index < -0.39 is 0 Å². The van der Waals surface area contributed by atoms with Crippen molar-refractivity contribution < 1.29 is 9.53 Å². The summed E-state index contributed by atoms with van der Waals surface area (Å²) in [4.78, 5) is 31.2. The number of nitrogens with one attached hydrogen (secondary N) is 1. The molecule has 0 bridgehead atoms. The van der Waals surface area contributed by atoms with E-state index in [4.69, 9.17) is 4.74 Å². The number of carbonyl (C=O) groups excluding carboxylic acids is 1. The lowest BCUT2D eigenvalue weighted by molar-refractivity contribution is -0.117. The monoisotopic (exact) mass is 368 g/mol. The third-order valence-corrected chi connectivity index (χ3v) is 5.36. The molecule has 8 nitrogen and oxygen atoms in total. The van der Waals surface area contributed by atoms with Gasteiger partial charge in [0.05, 0.1) is 25.0 Å². The molecule has 1 spiro atoms. The van der Waals surface area contributed by atoms with E-state index in [1.807, 2.05) is 13.8 Å². The molecule has 4 rings (SSSR count). The lowest BCUT2D eigenvalue weighted by Crippen LogP contribution is -2.66. The minimum atomic E-state index is -0.219. The zero-order valence-corrected chi connectivity index (χ0v) is 15.7. The maximum absolute atomic E-state index is 12.6. The normalized spacial score (nSPS) is 20.5. The van der Waals surface area contributed by atoms with Crippen LogP contribution >= 0.6 is 0 Å². The molecule has 1 amide bonds. The summed E-state index contributed by atoms with van der Waals surface area (Å²) in [5.41, 5.74) is 2.02. The Labute approximate surface area is 158 Å². The van der Waals surface area contributed by atoms with Crippen molar-refractivity contribution in [2.24, 2.45) is 5.92 Å². The number of ether oxygens (including phenoxy) is 1. The summed E-state index contributed by atoms with van der Waals surface area (Å²) >= 11 is 0. The first kappa shape index (κ1) is 17.8. The number of hydrogen-bond acceptors (Lipinski definition) is 7. The molecular weight excluding hydrogens is 344 g/mol. The standard InChI is InChI=1S/C19H24N6O2/c1-13-7-23-18(24-8-13)20-5-3-15-4-6-27-19(15)11-25(12-19)17(26)16-10-21-14(2)9-22-16/h7-10,15H,3-6,11-12H2,1-2H3,(H,20,23,24). The van der Waals surface area contributed by atoms with Crippen molar-refractivity contribution in [1.29, 1.82) is 0 Å². The first-order valence-corrected chi connectivity index (χ1v) is 9.30. The van der Waals surface area contributed by atoms with Gasteiger partial charge in [-0.2, -0.15) is 0 Å². The molecule has 8 heteroatoms. The first-order chi connectivity index (χ1) is 13.1. The zero-order valence-electron chi connectivity index (χ0n) is 15.7. The van der Waals surface area contributed by atoms with Gasteiger partial charge < -0.3 is 15.0 Å². The summed E-state index contributed by atoms with van der Waals surface area (Å²) in [6, 6.07) is 0. The molecule has 0 radical (unpaired) electrons. The topological polar surface area (TPSA) is 93.1 Å². The van der Waals surface area contributed by atoms with E-state index in [9.17, 15) is 4.79 Å². The van der Waals surface area contributed by atoms with E-state index >= 15 is 0 Å². The molecule has 2 saturated heterocycles. The quantitative estimate of drug-likeness (QED) is 0.857. The SMILES string of the molecule is Cc1cnc(NCCC2CCOC23CN(C(=O)c2cnc(C)cn2)C3)nc1. The Morgan fingerprint density at radius 1 is 1.19 bits per heavy atom. The van der Waals surface area contributed by atoms with Crippen LogP contribution in [0.1, 0.15) is 34.6 Å². The summed E-state index contributed by atoms with van der Waals surface area (Å²) in [5.74, 6) is 0.995. The van der Waals surface area contributed by atoms with Gasteiger partial charge in [-0.15, -0.1) is 0 Å². The molecule has 0 saturated carbocycles. The number of carbonyl (C=O) groups is 1. The number of nitrogens with zero attached hydrogens (tertiary/aromatic N) is 5. The summed E-state index contributed by atoms with van der Waals surface area (Å²) in [7, 11) is 0. The lowest BCUT2D eigenvalue weighted by Gasteiger charge is -2.50. The third-order valence-electron chi connectivity index (χ3n) is 5.36. The van der Waals surface area contributed by atoms with Gasteiger partial charge in [0.1, 0.15) is 11.3 Å². The Morgan fingerprint density at radius 2 is 1.96 bits per heavy atom. The van der Waals surface area contributed by atoms with Gasteiger partial charge in [-0.3, -0.25) is 9.78 Å². The van der Waals surface area contributed by atoms with Crippen LogP contribution in [0.3, 0.4) is 0 Å². The fourth-order valence-electron chi connectivity index (χ4n) is 3.79. The van der Waals surface area contributed by atoms with Crippen LogP contribution in [0.5, 0.6) is 0 Å². The van der Waals surface area contributed by atoms with E-state index in [1.54, 1.807) is 29.7 Å². The van der Waals surface area contributed by atoms with Crippen LogP contribution in [0.2, 0.25) is 0 Å². The summed E-state index contributed by atoms with van der Waals surface area (Å²) in [6.07, 6.45) is 8.75. The molecule has 0 aromatic carbocycles. The van der Waals surface area contributed by atoms with Crippen LogP contribution in [0, 0.1) is 19.8 Å². The van der Waals surface area contributed by atoms with Crippen molar-refractivity contribution in [1.82, 2.24) is 24.8 Å². The zero-order chi connectivity index (χ0) is 18.9. The summed E-state index contributed by atoms with van der Waals surface area (Å²) in [5, 5.41) is 3.27. The highest BCUT2D eigenvalue weighted by Gasteiger charge is 2.54. The summed E-state index contributed by atoms with van der Waals surface area (Å²) < 4.78 is 6.05. The number of likely N-dealkylation sites (tertiary alicyclic amines) is 1. The van der Waals surface area contributed by atoms with Crippen molar-refractivity contribution in [3.63, 3.8) is 0 Å². The maximum atomic E-state index is 12.6. The fourth-order valence-corrected chi connectivity index (χ4v) is 3.79. The molecule has 142 valence electrons. The van der Waals surface area contributed by atoms with Gasteiger partial charge in [0, 0.05) is 31.7 Å². The average Bonchev–Trinajstić information content (AvgIpc) is 3.06. The molecule has 2 fully saturated rings. The lowest BCUT2D eigenvalue weighted by atomic mass is 9.79. The van der Waals surface area contributed by atoms with Crippen molar-refractivity contribution >= 4 is 11.9 Å². The smallest absolute Gasteiger partial charge is 0.274 e. The van der Waals surface area contributed by atoms with Crippen LogP contribution in [0.15, 0.2) is 24.8 Å². The molecule has 0 aliphatic carbocycles. The van der Waals surface area contributed by atoms with Crippen molar-refractivity contribution in [2.45, 2.75) is 32.3 Å². The average molecular weight is 368 g/mol. The highest BCUT2D eigenvalue weighted by molar-refractivity contribution is 5.92. The van der Waals surface area contributed by atoms with Crippen LogP contribution in [-0.4, -0.2) is 62.6 Å². The van der Waals surface area contributed by atoms with Crippen molar-refractivity contribution in [3.8, 4) is 0 Å². The van der Waals surface area contributed by atoms with Crippen LogP contribution in [0.25, 0.3) is 0 Å². The van der Waals surface area contributed by atoms with E-state index in [1.165, 1.54) is 0 Å². The molecule has 2 aliphatic rings. The molecule has 2 aliphatic heterocycles. The molecule has 2 aromatic heterocycles. The fraction of sp³-hybridized carbons (Fsp3) is 0.526. The second-order valence-electron chi connectivity index (χ2n) is 7.40. The number of rotatable bonds is 5. The molecule has 1 N–H and O–H groups in total. The predicted molar refractivity (Wildman–Crippen MR) is 99.3 cm³/mol. The first-order valence-electron chi connectivity index (χ1n) is 9.30. The molecule has 2 aromatic rings. The molecule has 1 unspecified atom stereocenters. The molecular formula is C19H24N6O2. The second-order valence-corrected chi connectivity index (χ2v) is 7.40. The molecule has 1 atom stereocenters. The van der Waals surface area contributed by atoms with Crippen molar-refractivity contribution in [3.05, 3.63) is 41.7 Å². The van der Waals surface area contributed by atoms with Crippen LogP contribution in [-0.2, 0) is 4.74 Å². The Balaban J connectivity index is 1.30. The van der Waals surface area contributed by atoms with Crippen LogP contribution in [0.4, 0.5) is 5.95 Å². The van der Waals surface area contributed by atoms with Gasteiger partial charge in [0.2, 0.25) is 5.95 Å². The maximum Gasteiger partial charge on any atom is 0.274 e. The second kappa shape index (κ2) is 7.19. The number of amides is 1. The number of aromatic nitrogens is 4. The number of aryl methyl sites for hydroxylation is 2. The van der Waals surface area contributed by atoms with Gasteiger partial charge in [0.15, 0.2) is 0 Å². The van der Waals surface area contributed by atoms with E-state index in [2.05, 4.69) is 25.3 Å². The predicted octanol–water partition coefficient (Wildman–Crippen LogP) is 1.62. The van der Waals surface area contributed by atoms with Gasteiger partial charge >= 0.3 is 0 Å². The third kappa shape index (κ3) is 3.62. The largest absolute Gasteiger partial charge is 0.371 e. The van der Waals surface area contributed by atoms with E-state index in [-0.39, 0.29) is 11.5 Å². The van der Waals surface area contributed by atoms with Crippen molar-refractivity contribution in [2.75, 3.05) is 31.6 Å². The van der Waals surface area contributed by atoms with Gasteiger partial charge in [-0.05, 0) is 38.2 Å². The minimum Gasteiger partial charge on any atom is -0.371 e. The minimum absolute atomic E-state index is 0.0754. The Kier molecular flexibility index (Phi) is 4.73. The van der Waals surface area contributed by atoms with E-state index in [0.717, 1.165) is 37.3 Å². The molecule has 27 heavy (non-hydrogen) atoms. The van der Waals surface area contributed by atoms with Gasteiger partial charge in [0.25, 0.3) is 5.91 Å². The van der Waals surface area contributed by atoms with Gasteiger partial charge in [-0.1, -0.05) is 0 Å². The summed E-state index contributed by atoms with van der Waals surface area (Å²) in [6.45, 7) is 6.59. The van der Waals surface area contributed by atoms with Crippen LogP contribution < -0.4 is 5.32 Å². The number of hydrogen-bond donors (Lipinski definition) is 1. The Hall–Kier alpha value is -2.61. The Bertz CT molecular complexity index is 802. The number of anilines is 1. The van der Waals surface area contributed by atoms with Gasteiger partial charge in [-0.25, -0.2) is 15.0 Å². The molecule has 4 heterocycles. The highest BCUT2D eigenvalue weighted by Crippen LogP contribution is 2.42. The Morgan fingerprint density at radius 3 is 2.67 bits per heavy atom. The van der Waals surface area contributed by atoms with E-state index in [0.29, 0.717) is 30.6 Å². The highest BCUT2D eigenvalue weighted by atomic mass is 16.5.